The summed E-state index contributed by atoms with van der Waals surface area (Å²) in [6.07, 6.45) is 5.66. The van der Waals surface area contributed by atoms with Gasteiger partial charge in [-0.05, 0) is 79.7 Å². The number of aromatic nitrogens is 4. The minimum Gasteiger partial charge on any atom is -0.510 e. The topological polar surface area (TPSA) is 35.9 Å². The average molecular weight is 928 g/mol. The van der Waals surface area contributed by atoms with Crippen LogP contribution in [0.2, 0.25) is 0 Å². The van der Waals surface area contributed by atoms with Gasteiger partial charge in [0.15, 0.2) is 0 Å². The molecule has 7 aromatic carbocycles. The number of hydrogen-bond donors (Lipinski definition) is 0. The molecule has 10 aromatic rings. The van der Waals surface area contributed by atoms with E-state index >= 15 is 0 Å². The predicted octanol–water partition coefficient (Wildman–Crippen LogP) is 12.2. The Labute approximate surface area is 351 Å². The third-order valence-corrected chi connectivity index (χ3v) is 11.2. The van der Waals surface area contributed by atoms with Gasteiger partial charge in [-0.15, -0.1) is 29.7 Å². The minimum absolute atomic E-state index is 0. The standard InChI is InChI=1S/C52H36N4O.Pt/c1-52(2,3)34-28-29-53-50(30-34)56-47-24-11-9-21-43(47)44-27-26-37(32-49(44)56)57-36-15-12-14-35(31-36)54-33-55-46-23-10-8-20-42(46)40-18-6-4-16-38(40)39-17-5-7-19-41(39)45-22-13-25-48(54)51(45)55;/h4-30H,1-3H3;/q-2;. The minimum atomic E-state index is -0.0204. The van der Waals surface area contributed by atoms with Gasteiger partial charge in [0, 0.05) is 44.3 Å². The number of fused-ring (bicyclic) bond motifs is 10. The summed E-state index contributed by atoms with van der Waals surface area (Å²) in [5.41, 5.74) is 14.2. The van der Waals surface area contributed by atoms with Crippen LogP contribution in [-0.4, -0.2) is 14.1 Å². The summed E-state index contributed by atoms with van der Waals surface area (Å²) in [7, 11) is 0. The van der Waals surface area contributed by atoms with Gasteiger partial charge in [-0.1, -0.05) is 129 Å². The van der Waals surface area contributed by atoms with Gasteiger partial charge < -0.3 is 13.9 Å². The Bertz CT molecular complexity index is 3220. The fourth-order valence-corrected chi connectivity index (χ4v) is 8.45. The van der Waals surface area contributed by atoms with Crippen LogP contribution in [0.15, 0.2) is 164 Å². The van der Waals surface area contributed by atoms with Crippen LogP contribution in [0.1, 0.15) is 26.3 Å². The maximum atomic E-state index is 6.61. The molecule has 1 aliphatic rings. The molecule has 0 aliphatic carbocycles. The first kappa shape index (κ1) is 35.8. The van der Waals surface area contributed by atoms with Crippen molar-refractivity contribution in [1.29, 1.82) is 0 Å². The molecule has 4 heterocycles. The third kappa shape index (κ3) is 5.72. The van der Waals surface area contributed by atoms with Crippen LogP contribution in [0.3, 0.4) is 0 Å². The molecule has 0 atom stereocenters. The first-order chi connectivity index (χ1) is 27.9. The number of hydrogen-bond acceptors (Lipinski definition) is 2. The van der Waals surface area contributed by atoms with Crippen LogP contribution in [0.4, 0.5) is 0 Å². The van der Waals surface area contributed by atoms with Crippen LogP contribution in [-0.2, 0) is 26.5 Å². The third-order valence-electron chi connectivity index (χ3n) is 11.2. The zero-order valence-corrected chi connectivity index (χ0v) is 34.4. The Morgan fingerprint density at radius 1 is 0.569 bits per heavy atom. The second-order valence-electron chi connectivity index (χ2n) is 15.6. The number of para-hydroxylation sites is 3. The molecule has 0 saturated heterocycles. The van der Waals surface area contributed by atoms with Crippen molar-refractivity contribution < 1.29 is 30.4 Å². The van der Waals surface area contributed by atoms with Gasteiger partial charge in [0.05, 0.1) is 16.7 Å². The molecule has 3 aromatic heterocycles. The predicted molar refractivity (Wildman–Crippen MR) is 229 cm³/mol. The smallest absolute Gasteiger partial charge is 0.268 e. The number of pyridine rings is 1. The van der Waals surface area contributed by atoms with Crippen molar-refractivity contribution in [2.45, 2.75) is 26.2 Å². The average Bonchev–Trinajstić information content (AvgIpc) is 3.80. The number of ether oxygens (including phenoxy) is 1. The van der Waals surface area contributed by atoms with E-state index in [1.54, 1.807) is 0 Å². The van der Waals surface area contributed by atoms with E-state index in [9.17, 15) is 0 Å². The van der Waals surface area contributed by atoms with Crippen LogP contribution >= 0.6 is 0 Å². The van der Waals surface area contributed by atoms with Crippen molar-refractivity contribution in [3.8, 4) is 62.1 Å². The van der Waals surface area contributed by atoms with Gasteiger partial charge in [-0.2, -0.15) is 18.2 Å². The monoisotopic (exact) mass is 927 g/mol. The maximum Gasteiger partial charge on any atom is 0.268 e. The molecule has 0 fully saturated rings. The van der Waals surface area contributed by atoms with Gasteiger partial charge in [0.1, 0.15) is 5.82 Å². The molecule has 282 valence electrons. The Morgan fingerprint density at radius 3 is 1.97 bits per heavy atom. The molecule has 5 nitrogen and oxygen atoms in total. The van der Waals surface area contributed by atoms with Gasteiger partial charge in [-0.25, -0.2) is 4.98 Å². The quantitative estimate of drug-likeness (QED) is 0.130. The molecule has 1 aliphatic heterocycles. The molecule has 0 amide bonds. The summed E-state index contributed by atoms with van der Waals surface area (Å²) in [5.74, 6) is 2.03. The molecule has 0 unspecified atom stereocenters. The van der Waals surface area contributed by atoms with Crippen molar-refractivity contribution in [3.05, 3.63) is 188 Å². The number of nitrogens with zero attached hydrogens (tertiary/aromatic N) is 4. The van der Waals surface area contributed by atoms with Crippen molar-refractivity contribution in [1.82, 2.24) is 14.1 Å². The molecule has 0 saturated carbocycles. The van der Waals surface area contributed by atoms with Crippen LogP contribution in [0.25, 0.3) is 83.4 Å². The Hall–Kier alpha value is -6.55. The molecule has 58 heavy (non-hydrogen) atoms. The Balaban J connectivity index is 0.00000408. The molecular formula is C52H36N4OPt-2. The molecule has 0 N–H and O–H groups in total. The van der Waals surface area contributed by atoms with E-state index in [2.05, 4.69) is 192 Å². The van der Waals surface area contributed by atoms with Gasteiger partial charge >= 0.3 is 0 Å². The van der Waals surface area contributed by atoms with E-state index in [-0.39, 0.29) is 26.5 Å². The fraction of sp³-hybridized carbons (Fsp3) is 0.0769. The van der Waals surface area contributed by atoms with Crippen LogP contribution < -0.4 is 9.30 Å². The van der Waals surface area contributed by atoms with E-state index < -0.39 is 0 Å². The van der Waals surface area contributed by atoms with Crippen molar-refractivity contribution >= 4 is 32.8 Å². The first-order valence-electron chi connectivity index (χ1n) is 19.3. The zero-order valence-electron chi connectivity index (χ0n) is 32.1. The second kappa shape index (κ2) is 13.8. The van der Waals surface area contributed by atoms with Gasteiger partial charge in [-0.3, -0.25) is 4.57 Å². The Morgan fingerprint density at radius 2 is 1.19 bits per heavy atom. The fourth-order valence-electron chi connectivity index (χ4n) is 8.45. The summed E-state index contributed by atoms with van der Waals surface area (Å²) in [5, 5.41) is 2.23. The SMILES string of the molecule is CC(C)(C)c1ccnc(-n2c3[c-]c(Oc4[c-]c(-n5[c-][n+]6c7c(cccc75)-c5ccccc5-c5ccccc5-c5ccccc5-6)ccc4)ccc3c3ccccc32)c1.[Pt]. The number of benzene rings is 7. The van der Waals surface area contributed by atoms with Gasteiger partial charge in [0.25, 0.3) is 6.33 Å². The Kier molecular flexibility index (Phi) is 8.54. The van der Waals surface area contributed by atoms with E-state index in [4.69, 9.17) is 9.72 Å². The summed E-state index contributed by atoms with van der Waals surface area (Å²) in [6.45, 7) is 6.67. The summed E-state index contributed by atoms with van der Waals surface area (Å²) in [4.78, 5) is 4.84. The van der Waals surface area contributed by atoms with Crippen molar-refractivity contribution in [3.63, 3.8) is 0 Å². The van der Waals surface area contributed by atoms with E-state index in [0.29, 0.717) is 11.5 Å². The summed E-state index contributed by atoms with van der Waals surface area (Å²) < 4.78 is 13.1. The van der Waals surface area contributed by atoms with E-state index in [1.807, 2.05) is 24.4 Å². The van der Waals surface area contributed by atoms with Crippen molar-refractivity contribution in [2.24, 2.45) is 0 Å². The summed E-state index contributed by atoms with van der Waals surface area (Å²) >= 11 is 0. The maximum absolute atomic E-state index is 6.61. The van der Waals surface area contributed by atoms with Gasteiger partial charge in [0.2, 0.25) is 0 Å². The first-order valence-corrected chi connectivity index (χ1v) is 19.3. The number of rotatable bonds is 4. The molecule has 0 spiro atoms. The zero-order chi connectivity index (χ0) is 38.3. The summed E-state index contributed by atoms with van der Waals surface area (Å²) in [6, 6.07) is 62.5. The number of imidazole rings is 1. The molecule has 11 rings (SSSR count). The van der Waals surface area contributed by atoms with E-state index in [0.717, 1.165) is 61.2 Å². The molecule has 6 heteroatoms. The van der Waals surface area contributed by atoms with Crippen molar-refractivity contribution in [2.75, 3.05) is 0 Å². The van der Waals surface area contributed by atoms with E-state index in [1.165, 1.54) is 27.8 Å². The largest absolute Gasteiger partial charge is 0.510 e. The molecule has 0 radical (unpaired) electrons. The normalized spacial score (nSPS) is 11.9. The molecular weight excluding hydrogens is 892 g/mol. The second-order valence-corrected chi connectivity index (χ2v) is 15.6. The van der Waals surface area contributed by atoms with Crippen LogP contribution in [0, 0.1) is 18.5 Å². The van der Waals surface area contributed by atoms with Crippen LogP contribution in [0.5, 0.6) is 11.5 Å². The molecule has 0 bridgehead atoms.